The Hall–Kier alpha value is -3.37. The number of ether oxygens (including phenoxy) is 3. The minimum atomic E-state index is -3.86. The summed E-state index contributed by atoms with van der Waals surface area (Å²) in [6.07, 6.45) is 2.56. The van der Waals surface area contributed by atoms with Crippen molar-refractivity contribution in [3.05, 3.63) is 53.6 Å². The van der Waals surface area contributed by atoms with Crippen LogP contribution in [0, 0.1) is 0 Å². The van der Waals surface area contributed by atoms with E-state index in [4.69, 9.17) is 19.3 Å². The average Bonchev–Trinajstić information content (AvgIpc) is 2.76. The van der Waals surface area contributed by atoms with E-state index in [1.165, 1.54) is 51.7 Å². The lowest BCUT2D eigenvalue weighted by Crippen LogP contribution is -2.26. The first kappa shape index (κ1) is 23.9. The first-order valence-electron chi connectivity index (χ1n) is 9.05. The monoisotopic (exact) mass is 449 g/mol. The molecule has 0 fully saturated rings. The van der Waals surface area contributed by atoms with Gasteiger partial charge in [0.05, 0.1) is 32.6 Å². The highest BCUT2D eigenvalue weighted by Gasteiger charge is 2.15. The van der Waals surface area contributed by atoms with Crippen LogP contribution in [-0.2, 0) is 14.8 Å². The number of carbonyl (C=O) groups is 2. The van der Waals surface area contributed by atoms with Crippen molar-refractivity contribution < 1.29 is 37.3 Å². The molecule has 0 spiro atoms. The lowest BCUT2D eigenvalue weighted by molar-refractivity contribution is -0.136. The molecule has 31 heavy (non-hydrogen) atoms. The van der Waals surface area contributed by atoms with Crippen LogP contribution in [0.2, 0.25) is 0 Å². The molecule has 2 rings (SSSR count). The molecule has 0 aromatic heterocycles. The van der Waals surface area contributed by atoms with E-state index in [0.29, 0.717) is 22.8 Å². The zero-order valence-corrected chi connectivity index (χ0v) is 18.1. The summed E-state index contributed by atoms with van der Waals surface area (Å²) in [6.45, 7) is -0.228. The molecule has 9 nitrogen and oxygen atoms in total. The third-order valence-corrected chi connectivity index (χ3v) is 5.71. The van der Waals surface area contributed by atoms with Gasteiger partial charge in [0.15, 0.2) is 17.3 Å². The van der Waals surface area contributed by atoms with Crippen LogP contribution in [0.1, 0.15) is 22.3 Å². The summed E-state index contributed by atoms with van der Waals surface area (Å²) < 4.78 is 42.3. The van der Waals surface area contributed by atoms with Crippen molar-refractivity contribution in [2.24, 2.45) is 0 Å². The van der Waals surface area contributed by atoms with Gasteiger partial charge in [-0.3, -0.25) is 9.59 Å². The van der Waals surface area contributed by atoms with Gasteiger partial charge in [-0.05, 0) is 42.5 Å². The number of carboxylic acids is 1. The van der Waals surface area contributed by atoms with Crippen molar-refractivity contribution in [2.75, 3.05) is 27.9 Å². The summed E-state index contributed by atoms with van der Waals surface area (Å²) in [5, 5.41) is 8.60. The highest BCUT2D eigenvalue weighted by Crippen LogP contribution is 2.35. The number of methoxy groups -OCH3 is 3. The zero-order chi connectivity index (χ0) is 23.0. The number of carboxylic acid groups (broad SMARTS) is 1. The molecule has 0 unspecified atom stereocenters. The molecule has 0 saturated carbocycles. The Labute approximate surface area is 180 Å². The molecular weight excluding hydrogens is 426 g/mol. The van der Waals surface area contributed by atoms with E-state index in [1.54, 1.807) is 18.2 Å². The molecule has 0 atom stereocenters. The normalized spacial score (nSPS) is 11.3. The average molecular weight is 449 g/mol. The first-order valence-corrected chi connectivity index (χ1v) is 10.5. The molecular formula is C21H23NO8S. The van der Waals surface area contributed by atoms with E-state index in [2.05, 4.69) is 4.72 Å². The van der Waals surface area contributed by atoms with Crippen molar-refractivity contribution in [3.8, 4) is 17.2 Å². The van der Waals surface area contributed by atoms with Gasteiger partial charge in [-0.1, -0.05) is 0 Å². The number of aliphatic carboxylic acids is 1. The molecule has 2 N–H and O–H groups in total. The van der Waals surface area contributed by atoms with Crippen LogP contribution < -0.4 is 18.9 Å². The van der Waals surface area contributed by atoms with Crippen molar-refractivity contribution >= 4 is 27.9 Å². The molecule has 0 aliphatic rings. The van der Waals surface area contributed by atoms with Crippen LogP contribution in [0.25, 0.3) is 6.08 Å². The molecule has 0 amide bonds. The molecule has 0 bridgehead atoms. The van der Waals surface area contributed by atoms with Gasteiger partial charge < -0.3 is 19.3 Å². The van der Waals surface area contributed by atoms with Crippen LogP contribution in [-0.4, -0.2) is 53.2 Å². The molecule has 2 aromatic carbocycles. The second kappa shape index (κ2) is 10.6. The van der Waals surface area contributed by atoms with Gasteiger partial charge in [-0.15, -0.1) is 0 Å². The summed E-state index contributed by atoms with van der Waals surface area (Å²) >= 11 is 0. The minimum absolute atomic E-state index is 0.0695. The van der Waals surface area contributed by atoms with E-state index >= 15 is 0 Å². The lowest BCUT2D eigenvalue weighted by atomic mass is 10.1. The number of carbonyl (C=O) groups excluding carboxylic acids is 1. The third-order valence-electron chi connectivity index (χ3n) is 4.23. The molecule has 10 heteroatoms. The molecule has 166 valence electrons. The number of benzene rings is 2. The molecule has 0 aliphatic carbocycles. The summed E-state index contributed by atoms with van der Waals surface area (Å²) in [4.78, 5) is 22.9. The number of sulfonamides is 1. The summed E-state index contributed by atoms with van der Waals surface area (Å²) in [5.41, 5.74) is 0.871. The smallest absolute Gasteiger partial charge is 0.304 e. The summed E-state index contributed by atoms with van der Waals surface area (Å²) in [5.74, 6) is -0.0197. The lowest BCUT2D eigenvalue weighted by Gasteiger charge is -2.12. The van der Waals surface area contributed by atoms with Crippen LogP contribution >= 0.6 is 0 Å². The first-order chi connectivity index (χ1) is 14.7. The van der Waals surface area contributed by atoms with Crippen molar-refractivity contribution in [3.63, 3.8) is 0 Å². The maximum atomic E-state index is 12.5. The second-order valence-electron chi connectivity index (χ2n) is 6.21. The topological polar surface area (TPSA) is 128 Å². The van der Waals surface area contributed by atoms with Gasteiger partial charge in [0.2, 0.25) is 10.0 Å². The fourth-order valence-electron chi connectivity index (χ4n) is 2.62. The largest absolute Gasteiger partial charge is 0.496 e. The number of ketones is 1. The van der Waals surface area contributed by atoms with E-state index in [-0.39, 0.29) is 29.2 Å². The van der Waals surface area contributed by atoms with E-state index in [1.807, 2.05) is 0 Å². The number of nitrogens with one attached hydrogen (secondary N) is 1. The summed E-state index contributed by atoms with van der Waals surface area (Å²) in [6, 6.07) is 8.62. The van der Waals surface area contributed by atoms with Gasteiger partial charge in [-0.25, -0.2) is 13.1 Å². The Bertz CT molecular complexity index is 1080. The Morgan fingerprint density at radius 1 is 0.968 bits per heavy atom. The Balaban J connectivity index is 2.18. The maximum absolute atomic E-state index is 12.5. The van der Waals surface area contributed by atoms with Crippen molar-refractivity contribution in [2.45, 2.75) is 11.3 Å². The summed E-state index contributed by atoms with van der Waals surface area (Å²) in [7, 11) is 0.625. The molecule has 0 heterocycles. The predicted molar refractivity (Wildman–Crippen MR) is 113 cm³/mol. The van der Waals surface area contributed by atoms with Crippen molar-refractivity contribution in [1.29, 1.82) is 0 Å². The third kappa shape index (κ3) is 6.30. The highest BCUT2D eigenvalue weighted by atomic mass is 32.2. The Morgan fingerprint density at radius 3 is 2.10 bits per heavy atom. The van der Waals surface area contributed by atoms with Gasteiger partial charge in [-0.2, -0.15) is 0 Å². The number of rotatable bonds is 11. The van der Waals surface area contributed by atoms with Crippen molar-refractivity contribution in [1.82, 2.24) is 4.72 Å². The second-order valence-corrected chi connectivity index (χ2v) is 7.98. The van der Waals surface area contributed by atoms with Gasteiger partial charge >= 0.3 is 5.97 Å². The van der Waals surface area contributed by atoms with Gasteiger partial charge in [0.25, 0.3) is 0 Å². The number of allylic oxidation sites excluding steroid dienone is 1. The quantitative estimate of drug-likeness (QED) is 0.395. The molecule has 0 saturated heterocycles. The predicted octanol–water partition coefficient (Wildman–Crippen LogP) is 2.36. The SMILES string of the molecule is COc1cc(OC)c(OC)cc1/C=C/C(=O)c1ccc(S(=O)(=O)NCCC(=O)O)cc1. The van der Waals surface area contributed by atoms with E-state index in [0.717, 1.165) is 0 Å². The maximum Gasteiger partial charge on any atom is 0.304 e. The number of hydrogen-bond donors (Lipinski definition) is 2. The fourth-order valence-corrected chi connectivity index (χ4v) is 3.65. The molecule has 0 aliphatic heterocycles. The zero-order valence-electron chi connectivity index (χ0n) is 17.2. The van der Waals surface area contributed by atoms with E-state index in [9.17, 15) is 18.0 Å². The fraction of sp³-hybridized carbons (Fsp3) is 0.238. The van der Waals surface area contributed by atoms with Crippen LogP contribution in [0.3, 0.4) is 0 Å². The Kier molecular flexibility index (Phi) is 8.17. The molecule has 2 aromatic rings. The van der Waals surface area contributed by atoms with Crippen LogP contribution in [0.5, 0.6) is 17.2 Å². The standard InChI is InChI=1S/C21H23NO8S/c1-28-18-13-20(30-3)19(29-2)12-15(18)6-9-17(23)14-4-7-16(8-5-14)31(26,27)22-11-10-21(24)25/h4-9,12-13,22H,10-11H2,1-3H3,(H,24,25)/b9-6+. The number of hydrogen-bond acceptors (Lipinski definition) is 7. The highest BCUT2D eigenvalue weighted by molar-refractivity contribution is 7.89. The minimum Gasteiger partial charge on any atom is -0.496 e. The Morgan fingerprint density at radius 2 is 1.55 bits per heavy atom. The van der Waals surface area contributed by atoms with Gasteiger partial charge in [0.1, 0.15) is 5.75 Å². The van der Waals surface area contributed by atoms with E-state index < -0.39 is 16.0 Å². The van der Waals surface area contributed by atoms with Crippen LogP contribution in [0.4, 0.5) is 0 Å². The van der Waals surface area contributed by atoms with Gasteiger partial charge in [0, 0.05) is 23.7 Å². The van der Waals surface area contributed by atoms with Crippen LogP contribution in [0.15, 0.2) is 47.4 Å². The molecule has 0 radical (unpaired) electrons.